The first-order valence-corrected chi connectivity index (χ1v) is 7.38. The second-order valence-electron chi connectivity index (χ2n) is 5.33. The van der Waals surface area contributed by atoms with Crippen molar-refractivity contribution in [2.24, 2.45) is 0 Å². The van der Waals surface area contributed by atoms with Gasteiger partial charge in [-0.3, -0.25) is 9.48 Å². The molecule has 5 nitrogen and oxygen atoms in total. The first kappa shape index (κ1) is 13.7. The van der Waals surface area contributed by atoms with Gasteiger partial charge in [-0.15, -0.1) is 0 Å². The lowest BCUT2D eigenvalue weighted by Crippen LogP contribution is -2.35. The summed E-state index contributed by atoms with van der Waals surface area (Å²) in [5.41, 5.74) is 9.57. The molecule has 1 aliphatic rings. The van der Waals surface area contributed by atoms with Crippen LogP contribution in [0.5, 0.6) is 0 Å². The third kappa shape index (κ3) is 2.51. The standard InChI is InChI=1S/C16H20N4O/c1-2-20-15(14(17)11-18-20)16(21)19-9-7-12-5-3-4-6-13(12)8-10-19/h3-6,11H,2,7-10,17H2,1H3. The van der Waals surface area contributed by atoms with Gasteiger partial charge in [0.1, 0.15) is 5.69 Å². The van der Waals surface area contributed by atoms with Gasteiger partial charge in [-0.2, -0.15) is 5.10 Å². The largest absolute Gasteiger partial charge is 0.396 e. The number of nitrogens with two attached hydrogens (primary N) is 1. The van der Waals surface area contributed by atoms with E-state index in [4.69, 9.17) is 5.73 Å². The Kier molecular flexibility index (Phi) is 3.64. The molecule has 0 saturated carbocycles. The van der Waals surface area contributed by atoms with Crippen molar-refractivity contribution < 1.29 is 4.79 Å². The third-order valence-electron chi connectivity index (χ3n) is 4.08. The number of anilines is 1. The molecule has 0 fully saturated rings. The van der Waals surface area contributed by atoms with Crippen molar-refractivity contribution in [1.29, 1.82) is 0 Å². The summed E-state index contributed by atoms with van der Waals surface area (Å²) >= 11 is 0. The van der Waals surface area contributed by atoms with Gasteiger partial charge in [0, 0.05) is 19.6 Å². The third-order valence-corrected chi connectivity index (χ3v) is 4.08. The van der Waals surface area contributed by atoms with E-state index in [1.165, 1.54) is 11.1 Å². The van der Waals surface area contributed by atoms with Crippen LogP contribution in [0, 0.1) is 0 Å². The Morgan fingerprint density at radius 2 is 1.86 bits per heavy atom. The monoisotopic (exact) mass is 284 g/mol. The maximum Gasteiger partial charge on any atom is 0.274 e. The van der Waals surface area contributed by atoms with Gasteiger partial charge in [0.05, 0.1) is 11.9 Å². The second-order valence-corrected chi connectivity index (χ2v) is 5.33. The molecule has 1 aromatic carbocycles. The number of fused-ring (bicyclic) bond motifs is 1. The number of hydrogen-bond donors (Lipinski definition) is 1. The van der Waals surface area contributed by atoms with Crippen molar-refractivity contribution in [2.75, 3.05) is 18.8 Å². The maximum atomic E-state index is 12.8. The molecule has 3 rings (SSSR count). The Hall–Kier alpha value is -2.30. The predicted molar refractivity (Wildman–Crippen MR) is 82.1 cm³/mol. The van der Waals surface area contributed by atoms with Crippen LogP contribution in [0.4, 0.5) is 5.69 Å². The summed E-state index contributed by atoms with van der Waals surface area (Å²) in [6.07, 6.45) is 3.34. The zero-order chi connectivity index (χ0) is 14.8. The van der Waals surface area contributed by atoms with E-state index >= 15 is 0 Å². The molecule has 110 valence electrons. The number of hydrogen-bond acceptors (Lipinski definition) is 3. The summed E-state index contributed by atoms with van der Waals surface area (Å²) in [4.78, 5) is 14.6. The Bertz CT molecular complexity index is 635. The molecule has 5 heteroatoms. The van der Waals surface area contributed by atoms with Gasteiger partial charge in [-0.1, -0.05) is 24.3 Å². The van der Waals surface area contributed by atoms with Gasteiger partial charge in [0.25, 0.3) is 5.91 Å². The van der Waals surface area contributed by atoms with E-state index in [0.717, 1.165) is 25.9 Å². The van der Waals surface area contributed by atoms with E-state index in [2.05, 4.69) is 29.4 Å². The molecule has 0 spiro atoms. The lowest BCUT2D eigenvalue weighted by molar-refractivity contribution is 0.0752. The van der Waals surface area contributed by atoms with Crippen molar-refractivity contribution in [2.45, 2.75) is 26.3 Å². The molecule has 0 saturated heterocycles. The average molecular weight is 284 g/mol. The van der Waals surface area contributed by atoms with Gasteiger partial charge >= 0.3 is 0 Å². The van der Waals surface area contributed by atoms with E-state index in [9.17, 15) is 4.79 Å². The lowest BCUT2D eigenvalue weighted by Gasteiger charge is -2.21. The van der Waals surface area contributed by atoms with Crippen LogP contribution in [-0.2, 0) is 19.4 Å². The number of nitrogen functional groups attached to an aromatic ring is 1. The van der Waals surface area contributed by atoms with Crippen LogP contribution in [0.2, 0.25) is 0 Å². The Balaban J connectivity index is 1.82. The molecular weight excluding hydrogens is 264 g/mol. The highest BCUT2D eigenvalue weighted by Crippen LogP contribution is 2.19. The van der Waals surface area contributed by atoms with E-state index < -0.39 is 0 Å². The minimum atomic E-state index is -0.0142. The molecule has 0 atom stereocenters. The SMILES string of the molecule is CCn1ncc(N)c1C(=O)N1CCc2ccccc2CC1. The van der Waals surface area contributed by atoms with Crippen molar-refractivity contribution in [3.05, 3.63) is 47.3 Å². The Morgan fingerprint density at radius 3 is 2.43 bits per heavy atom. The maximum absolute atomic E-state index is 12.8. The molecule has 2 heterocycles. The fourth-order valence-corrected chi connectivity index (χ4v) is 2.89. The average Bonchev–Trinajstić information content (AvgIpc) is 2.75. The fourth-order valence-electron chi connectivity index (χ4n) is 2.89. The van der Waals surface area contributed by atoms with Gasteiger partial charge < -0.3 is 10.6 Å². The number of aryl methyl sites for hydroxylation is 1. The van der Waals surface area contributed by atoms with Crippen molar-refractivity contribution in [3.63, 3.8) is 0 Å². The van der Waals surface area contributed by atoms with Crippen molar-refractivity contribution in [3.8, 4) is 0 Å². The van der Waals surface area contributed by atoms with Crippen molar-refractivity contribution in [1.82, 2.24) is 14.7 Å². The molecule has 0 bridgehead atoms. The molecule has 21 heavy (non-hydrogen) atoms. The van der Waals surface area contributed by atoms with Crippen LogP contribution in [0.15, 0.2) is 30.5 Å². The van der Waals surface area contributed by atoms with Gasteiger partial charge in [-0.05, 0) is 30.9 Å². The molecule has 1 aliphatic heterocycles. The van der Waals surface area contributed by atoms with Gasteiger partial charge in [0.15, 0.2) is 0 Å². The molecule has 0 radical (unpaired) electrons. The molecule has 1 aromatic heterocycles. The number of carbonyl (C=O) groups is 1. The van der Waals surface area contributed by atoms with Crippen LogP contribution in [0.3, 0.4) is 0 Å². The molecule has 0 aliphatic carbocycles. The van der Waals surface area contributed by atoms with E-state index in [1.54, 1.807) is 10.9 Å². The summed E-state index contributed by atoms with van der Waals surface area (Å²) in [5.74, 6) is -0.0142. The van der Waals surface area contributed by atoms with Crippen LogP contribution in [-0.4, -0.2) is 33.7 Å². The Morgan fingerprint density at radius 1 is 1.24 bits per heavy atom. The molecule has 2 aromatic rings. The van der Waals surface area contributed by atoms with Gasteiger partial charge in [0.2, 0.25) is 0 Å². The first-order chi connectivity index (χ1) is 10.2. The summed E-state index contributed by atoms with van der Waals surface area (Å²) in [7, 11) is 0. The smallest absolute Gasteiger partial charge is 0.274 e. The van der Waals surface area contributed by atoms with Crippen LogP contribution in [0.1, 0.15) is 28.5 Å². The summed E-state index contributed by atoms with van der Waals surface area (Å²) in [6, 6.07) is 8.41. The second kappa shape index (κ2) is 5.60. The first-order valence-electron chi connectivity index (χ1n) is 7.38. The minimum Gasteiger partial charge on any atom is -0.396 e. The zero-order valence-corrected chi connectivity index (χ0v) is 12.2. The highest BCUT2D eigenvalue weighted by molar-refractivity contribution is 5.97. The van der Waals surface area contributed by atoms with E-state index in [0.29, 0.717) is 17.9 Å². The van der Waals surface area contributed by atoms with Crippen LogP contribution in [0.25, 0.3) is 0 Å². The minimum absolute atomic E-state index is 0.0142. The van der Waals surface area contributed by atoms with Gasteiger partial charge in [-0.25, -0.2) is 0 Å². The lowest BCUT2D eigenvalue weighted by atomic mass is 10.0. The normalized spacial score (nSPS) is 14.6. The van der Waals surface area contributed by atoms with Crippen LogP contribution < -0.4 is 5.73 Å². The molecule has 2 N–H and O–H groups in total. The zero-order valence-electron chi connectivity index (χ0n) is 12.2. The molecule has 0 unspecified atom stereocenters. The quantitative estimate of drug-likeness (QED) is 0.913. The summed E-state index contributed by atoms with van der Waals surface area (Å²) < 4.78 is 1.68. The number of aromatic nitrogens is 2. The number of nitrogens with zero attached hydrogens (tertiary/aromatic N) is 3. The Labute approximate surface area is 124 Å². The van der Waals surface area contributed by atoms with E-state index in [-0.39, 0.29) is 5.91 Å². The van der Waals surface area contributed by atoms with E-state index in [1.807, 2.05) is 11.8 Å². The molecule has 1 amide bonds. The highest BCUT2D eigenvalue weighted by Gasteiger charge is 2.24. The number of rotatable bonds is 2. The van der Waals surface area contributed by atoms with Crippen molar-refractivity contribution >= 4 is 11.6 Å². The van der Waals surface area contributed by atoms with Crippen LogP contribution >= 0.6 is 0 Å². The number of benzene rings is 1. The predicted octanol–water partition coefficient (Wildman–Crippen LogP) is 1.73. The summed E-state index contributed by atoms with van der Waals surface area (Å²) in [5, 5.41) is 4.16. The topological polar surface area (TPSA) is 64.2 Å². The highest BCUT2D eigenvalue weighted by atomic mass is 16.2. The fraction of sp³-hybridized carbons (Fsp3) is 0.375. The molecular formula is C16H20N4O. The summed E-state index contributed by atoms with van der Waals surface area (Å²) in [6.45, 7) is 4.06. The number of amides is 1. The number of carbonyl (C=O) groups excluding carboxylic acids is 1.